The summed E-state index contributed by atoms with van der Waals surface area (Å²) < 4.78 is 12.0. The van der Waals surface area contributed by atoms with Crippen LogP contribution in [-0.4, -0.2) is 27.0 Å². The summed E-state index contributed by atoms with van der Waals surface area (Å²) in [6, 6.07) is 15.0. The molecule has 3 heterocycles. The molecule has 4 aromatic rings. The third kappa shape index (κ3) is 3.79. The van der Waals surface area contributed by atoms with E-state index in [0.717, 1.165) is 11.3 Å². The highest BCUT2D eigenvalue weighted by Gasteiger charge is 2.13. The molecule has 0 amide bonds. The number of nitrogens with zero attached hydrogens (tertiary/aromatic N) is 5. The maximum absolute atomic E-state index is 12.4. The van der Waals surface area contributed by atoms with Gasteiger partial charge in [-0.05, 0) is 17.7 Å². The lowest BCUT2D eigenvalue weighted by Gasteiger charge is -2.19. The molecule has 0 saturated heterocycles. The summed E-state index contributed by atoms with van der Waals surface area (Å²) in [6.45, 7) is 0.775. The highest BCUT2D eigenvalue weighted by Crippen LogP contribution is 2.18. The molecule has 3 aromatic heterocycles. The normalized spacial score (nSPS) is 10.9. The van der Waals surface area contributed by atoms with Crippen LogP contribution in [0.1, 0.15) is 11.5 Å². The van der Waals surface area contributed by atoms with Gasteiger partial charge in [0.2, 0.25) is 5.89 Å². The minimum atomic E-state index is -0.245. The molecule has 136 valence electrons. The van der Waals surface area contributed by atoms with Gasteiger partial charge in [-0.25, -0.2) is 4.68 Å². The fourth-order valence-corrected chi connectivity index (χ4v) is 2.65. The maximum atomic E-state index is 12.4. The highest BCUT2D eigenvalue weighted by molar-refractivity contribution is 5.43. The first-order valence-corrected chi connectivity index (χ1v) is 8.37. The second-order valence-corrected chi connectivity index (χ2v) is 6.03. The van der Waals surface area contributed by atoms with Crippen LogP contribution in [0.15, 0.2) is 74.6 Å². The molecule has 0 saturated carbocycles. The predicted molar refractivity (Wildman–Crippen MR) is 98.1 cm³/mol. The van der Waals surface area contributed by atoms with Gasteiger partial charge in [-0.3, -0.25) is 4.79 Å². The predicted octanol–water partition coefficient (Wildman–Crippen LogP) is 2.57. The van der Waals surface area contributed by atoms with Crippen LogP contribution in [0.2, 0.25) is 0 Å². The minimum absolute atomic E-state index is 0.0925. The van der Waals surface area contributed by atoms with Gasteiger partial charge < -0.3 is 13.7 Å². The molecule has 0 aliphatic carbocycles. The lowest BCUT2D eigenvalue weighted by molar-refractivity contribution is 0.451. The van der Waals surface area contributed by atoms with Gasteiger partial charge in [0.15, 0.2) is 5.76 Å². The highest BCUT2D eigenvalue weighted by atomic mass is 16.4. The zero-order valence-corrected chi connectivity index (χ0v) is 14.6. The van der Waals surface area contributed by atoms with Crippen LogP contribution >= 0.6 is 0 Å². The van der Waals surface area contributed by atoms with Gasteiger partial charge in [0.25, 0.3) is 11.4 Å². The topological polar surface area (TPSA) is 90.2 Å². The Morgan fingerprint density at radius 2 is 1.96 bits per heavy atom. The molecular formula is C19H17N5O3. The monoisotopic (exact) mass is 363 g/mol. The molecule has 1 aromatic carbocycles. The van der Waals surface area contributed by atoms with E-state index in [4.69, 9.17) is 8.83 Å². The first-order valence-electron chi connectivity index (χ1n) is 8.37. The molecule has 27 heavy (non-hydrogen) atoms. The fraction of sp³-hybridized carbons (Fsp3) is 0.158. The standard InChI is InChI=1S/C19H17N5O3/c1-23(12-14-6-3-2-4-7-14)15-10-18(25)24(20-11-15)13-17-21-22-19(27-17)16-8-5-9-26-16/h2-11H,12-13H2,1H3. The van der Waals surface area contributed by atoms with Crippen LogP contribution in [0.3, 0.4) is 0 Å². The molecule has 8 heteroatoms. The summed E-state index contributed by atoms with van der Waals surface area (Å²) in [5, 5.41) is 12.1. The molecule has 0 bridgehead atoms. The van der Waals surface area contributed by atoms with E-state index in [0.29, 0.717) is 12.3 Å². The van der Waals surface area contributed by atoms with E-state index in [1.807, 2.05) is 42.3 Å². The van der Waals surface area contributed by atoms with Crippen LogP contribution < -0.4 is 10.5 Å². The van der Waals surface area contributed by atoms with Crippen LogP contribution in [0.4, 0.5) is 5.69 Å². The third-order valence-electron chi connectivity index (χ3n) is 4.04. The molecule has 0 atom stereocenters. The van der Waals surface area contributed by atoms with Crippen LogP contribution in [0.25, 0.3) is 11.7 Å². The van der Waals surface area contributed by atoms with Crippen LogP contribution in [0.5, 0.6) is 0 Å². The molecule has 0 fully saturated rings. The molecule has 0 radical (unpaired) electrons. The smallest absolute Gasteiger partial charge is 0.283 e. The van der Waals surface area contributed by atoms with Gasteiger partial charge in [0.05, 0.1) is 18.1 Å². The maximum Gasteiger partial charge on any atom is 0.283 e. The minimum Gasteiger partial charge on any atom is -0.459 e. The average Bonchev–Trinajstić information content (AvgIpc) is 3.36. The summed E-state index contributed by atoms with van der Waals surface area (Å²) in [5.41, 5.74) is 1.65. The second kappa shape index (κ2) is 7.28. The van der Waals surface area contributed by atoms with Gasteiger partial charge in [0, 0.05) is 19.7 Å². The molecule has 0 N–H and O–H groups in total. The molecule has 0 spiro atoms. The van der Waals surface area contributed by atoms with Crippen LogP contribution in [-0.2, 0) is 13.1 Å². The fourth-order valence-electron chi connectivity index (χ4n) is 2.65. The Morgan fingerprint density at radius 1 is 1.11 bits per heavy atom. The van der Waals surface area contributed by atoms with Gasteiger partial charge in [-0.1, -0.05) is 30.3 Å². The van der Waals surface area contributed by atoms with Crippen LogP contribution in [0, 0.1) is 0 Å². The summed E-state index contributed by atoms with van der Waals surface area (Å²) in [7, 11) is 1.92. The zero-order chi connectivity index (χ0) is 18.6. The van der Waals surface area contributed by atoms with E-state index >= 15 is 0 Å². The van der Waals surface area contributed by atoms with E-state index < -0.39 is 0 Å². The lowest BCUT2D eigenvalue weighted by Crippen LogP contribution is -2.26. The number of aromatic nitrogens is 4. The van der Waals surface area contributed by atoms with Gasteiger partial charge in [-0.2, -0.15) is 5.10 Å². The van der Waals surface area contributed by atoms with Crippen molar-refractivity contribution in [2.45, 2.75) is 13.1 Å². The SMILES string of the molecule is CN(Cc1ccccc1)c1cnn(Cc2nnc(-c3ccco3)o2)c(=O)c1. The van der Waals surface area contributed by atoms with Gasteiger partial charge >= 0.3 is 0 Å². The van der Waals surface area contributed by atoms with Crippen molar-refractivity contribution in [1.82, 2.24) is 20.0 Å². The van der Waals surface area contributed by atoms with E-state index in [2.05, 4.69) is 15.3 Å². The van der Waals surface area contributed by atoms with Gasteiger partial charge in [0.1, 0.15) is 6.54 Å². The van der Waals surface area contributed by atoms with Crippen molar-refractivity contribution < 1.29 is 8.83 Å². The number of rotatable bonds is 6. The van der Waals surface area contributed by atoms with Crippen molar-refractivity contribution in [3.63, 3.8) is 0 Å². The summed E-state index contributed by atoms with van der Waals surface area (Å²) in [4.78, 5) is 14.4. The molecule has 0 aliphatic rings. The van der Waals surface area contributed by atoms with Crippen molar-refractivity contribution in [1.29, 1.82) is 0 Å². The summed E-state index contributed by atoms with van der Waals surface area (Å²) in [6.07, 6.45) is 3.17. The van der Waals surface area contributed by atoms with E-state index in [-0.39, 0.29) is 23.9 Å². The van der Waals surface area contributed by atoms with Gasteiger partial charge in [-0.15, -0.1) is 10.2 Å². The van der Waals surface area contributed by atoms with Crippen molar-refractivity contribution in [2.24, 2.45) is 0 Å². The Hall–Kier alpha value is -3.68. The van der Waals surface area contributed by atoms with E-state index in [9.17, 15) is 4.79 Å². The molecule has 4 rings (SSSR count). The second-order valence-electron chi connectivity index (χ2n) is 6.03. The largest absolute Gasteiger partial charge is 0.459 e. The molecule has 0 unspecified atom stereocenters. The molecule has 8 nitrogen and oxygen atoms in total. The summed E-state index contributed by atoms with van der Waals surface area (Å²) >= 11 is 0. The Kier molecular flexibility index (Phi) is 4.52. The van der Waals surface area contributed by atoms with E-state index in [1.165, 1.54) is 10.9 Å². The number of hydrogen-bond acceptors (Lipinski definition) is 7. The van der Waals surface area contributed by atoms with Crippen molar-refractivity contribution >= 4 is 5.69 Å². The lowest BCUT2D eigenvalue weighted by atomic mass is 10.2. The van der Waals surface area contributed by atoms with E-state index in [1.54, 1.807) is 24.4 Å². The summed E-state index contributed by atoms with van der Waals surface area (Å²) in [5.74, 6) is 1.02. The van der Waals surface area contributed by atoms with Crippen molar-refractivity contribution in [3.8, 4) is 11.7 Å². The Morgan fingerprint density at radius 3 is 2.70 bits per heavy atom. The molecule has 0 aliphatic heterocycles. The third-order valence-corrected chi connectivity index (χ3v) is 4.04. The first-order chi connectivity index (χ1) is 13.2. The molecular weight excluding hydrogens is 346 g/mol. The quantitative estimate of drug-likeness (QED) is 0.520. The zero-order valence-electron chi connectivity index (χ0n) is 14.6. The Labute approximate surface area is 154 Å². The Balaban J connectivity index is 1.48. The van der Waals surface area contributed by atoms with Crippen molar-refractivity contribution in [3.05, 3.63) is 82.8 Å². The van der Waals surface area contributed by atoms with Crippen molar-refractivity contribution in [2.75, 3.05) is 11.9 Å². The Bertz CT molecular complexity index is 1070. The average molecular weight is 363 g/mol. The number of hydrogen-bond donors (Lipinski definition) is 0. The number of benzene rings is 1. The number of furan rings is 1. The first kappa shape index (κ1) is 16.8. The number of anilines is 1.